The lowest BCUT2D eigenvalue weighted by Crippen LogP contribution is -1.94. The highest BCUT2D eigenvalue weighted by Gasteiger charge is 2.20. The normalized spacial score (nSPS) is 18.5. The Bertz CT molecular complexity index is 421. The molecule has 1 atom stereocenters. The zero-order chi connectivity index (χ0) is 10.8. The van der Waals surface area contributed by atoms with Gasteiger partial charge in [-0.15, -0.1) is 0 Å². The van der Waals surface area contributed by atoms with E-state index in [1.807, 2.05) is 24.3 Å². The Kier molecular flexibility index (Phi) is 2.56. The molecule has 0 bridgehead atoms. The van der Waals surface area contributed by atoms with E-state index in [4.69, 9.17) is 5.11 Å². The van der Waals surface area contributed by atoms with Gasteiger partial charge in [0.2, 0.25) is 0 Å². The van der Waals surface area contributed by atoms with E-state index in [1.54, 1.807) is 6.08 Å². The van der Waals surface area contributed by atoms with Crippen LogP contribution in [-0.4, -0.2) is 16.2 Å². The molecule has 3 nitrogen and oxygen atoms in total. The van der Waals surface area contributed by atoms with Crippen LogP contribution in [0.1, 0.15) is 30.1 Å². The number of rotatable bonds is 3. The van der Waals surface area contributed by atoms with Gasteiger partial charge in [-0.25, -0.2) is 0 Å². The first kappa shape index (κ1) is 9.93. The van der Waals surface area contributed by atoms with Crippen molar-refractivity contribution in [2.24, 2.45) is 0 Å². The molecule has 1 aromatic rings. The number of aliphatic hydroxyl groups is 1. The molecule has 78 valence electrons. The molecule has 2 rings (SSSR count). The lowest BCUT2D eigenvalue weighted by atomic mass is 10.0. The number of aliphatic hydroxyl groups excluding tert-OH is 1. The molecule has 0 saturated heterocycles. The standard InChI is InChI=1S/C12H12O3/c13-11-7-8(5-6-12(14)15)9-3-1-2-4-10(9)11/h1-4,7,11,13H,5-6H2,(H,14,15). The minimum Gasteiger partial charge on any atom is -0.481 e. The maximum absolute atomic E-state index is 10.5. The summed E-state index contributed by atoms with van der Waals surface area (Å²) in [5, 5.41) is 18.3. The summed E-state index contributed by atoms with van der Waals surface area (Å²) in [6.45, 7) is 0. The summed E-state index contributed by atoms with van der Waals surface area (Å²) >= 11 is 0. The molecule has 0 aromatic heterocycles. The van der Waals surface area contributed by atoms with E-state index in [1.165, 1.54) is 0 Å². The van der Waals surface area contributed by atoms with Crippen LogP contribution in [0.5, 0.6) is 0 Å². The number of benzene rings is 1. The van der Waals surface area contributed by atoms with E-state index in [2.05, 4.69) is 0 Å². The van der Waals surface area contributed by atoms with Gasteiger partial charge in [0.1, 0.15) is 0 Å². The number of allylic oxidation sites excluding steroid dienone is 1. The average Bonchev–Trinajstić information content (AvgIpc) is 2.54. The molecule has 15 heavy (non-hydrogen) atoms. The van der Waals surface area contributed by atoms with Gasteiger partial charge in [-0.3, -0.25) is 4.79 Å². The van der Waals surface area contributed by atoms with Crippen LogP contribution >= 0.6 is 0 Å². The zero-order valence-corrected chi connectivity index (χ0v) is 8.18. The van der Waals surface area contributed by atoms with Crippen molar-refractivity contribution in [3.8, 4) is 0 Å². The number of hydrogen-bond donors (Lipinski definition) is 2. The van der Waals surface area contributed by atoms with Crippen LogP contribution in [-0.2, 0) is 4.79 Å². The van der Waals surface area contributed by atoms with Gasteiger partial charge in [0.25, 0.3) is 0 Å². The SMILES string of the molecule is O=C(O)CCC1=CC(O)c2ccccc21. The molecule has 0 amide bonds. The molecule has 1 aliphatic carbocycles. The molecule has 3 heteroatoms. The van der Waals surface area contributed by atoms with Crippen LogP contribution in [0, 0.1) is 0 Å². The van der Waals surface area contributed by atoms with E-state index in [0.717, 1.165) is 16.7 Å². The van der Waals surface area contributed by atoms with Crippen molar-refractivity contribution >= 4 is 11.5 Å². The number of fused-ring (bicyclic) bond motifs is 1. The quantitative estimate of drug-likeness (QED) is 0.791. The summed E-state index contributed by atoms with van der Waals surface area (Å²) in [6.07, 6.45) is 1.73. The first-order valence-electron chi connectivity index (χ1n) is 4.88. The molecule has 1 unspecified atom stereocenters. The molecule has 0 radical (unpaired) electrons. The summed E-state index contributed by atoms with van der Waals surface area (Å²) in [6, 6.07) is 7.55. The van der Waals surface area contributed by atoms with E-state index in [9.17, 15) is 9.90 Å². The van der Waals surface area contributed by atoms with Gasteiger partial charge in [-0.05, 0) is 29.2 Å². The van der Waals surface area contributed by atoms with Crippen LogP contribution in [0.25, 0.3) is 5.57 Å². The van der Waals surface area contributed by atoms with Crippen molar-refractivity contribution in [3.05, 3.63) is 41.5 Å². The van der Waals surface area contributed by atoms with E-state index in [0.29, 0.717) is 6.42 Å². The summed E-state index contributed by atoms with van der Waals surface area (Å²) in [5.74, 6) is -0.810. The topological polar surface area (TPSA) is 57.5 Å². The second-order valence-electron chi connectivity index (χ2n) is 3.62. The third-order valence-electron chi connectivity index (χ3n) is 2.59. The molecule has 1 aromatic carbocycles. The largest absolute Gasteiger partial charge is 0.481 e. The van der Waals surface area contributed by atoms with Crippen molar-refractivity contribution in [1.29, 1.82) is 0 Å². The Balaban J connectivity index is 2.21. The van der Waals surface area contributed by atoms with Gasteiger partial charge in [0.15, 0.2) is 0 Å². The summed E-state index contributed by atoms with van der Waals surface area (Å²) in [4.78, 5) is 10.5. The molecule has 0 aliphatic heterocycles. The van der Waals surface area contributed by atoms with Gasteiger partial charge >= 0.3 is 5.97 Å². The fourth-order valence-electron chi connectivity index (χ4n) is 1.88. The van der Waals surface area contributed by atoms with E-state index >= 15 is 0 Å². The lowest BCUT2D eigenvalue weighted by molar-refractivity contribution is -0.136. The Hall–Kier alpha value is -1.61. The third-order valence-corrected chi connectivity index (χ3v) is 2.59. The van der Waals surface area contributed by atoms with Crippen molar-refractivity contribution in [1.82, 2.24) is 0 Å². The molecule has 0 fully saturated rings. The lowest BCUT2D eigenvalue weighted by Gasteiger charge is -2.04. The number of carboxylic acid groups (broad SMARTS) is 1. The zero-order valence-electron chi connectivity index (χ0n) is 8.18. The van der Waals surface area contributed by atoms with Crippen molar-refractivity contribution in [3.63, 3.8) is 0 Å². The number of carboxylic acids is 1. The van der Waals surface area contributed by atoms with Crippen LogP contribution < -0.4 is 0 Å². The smallest absolute Gasteiger partial charge is 0.303 e. The second kappa shape index (κ2) is 3.87. The first-order valence-corrected chi connectivity index (χ1v) is 4.88. The highest BCUT2D eigenvalue weighted by atomic mass is 16.4. The van der Waals surface area contributed by atoms with Crippen molar-refractivity contribution < 1.29 is 15.0 Å². The minimum atomic E-state index is -0.810. The van der Waals surface area contributed by atoms with Gasteiger partial charge in [-0.1, -0.05) is 24.3 Å². The summed E-state index contributed by atoms with van der Waals surface area (Å²) < 4.78 is 0. The molecule has 1 aliphatic rings. The highest BCUT2D eigenvalue weighted by molar-refractivity contribution is 5.77. The maximum Gasteiger partial charge on any atom is 0.303 e. The predicted octanol–water partition coefficient (Wildman–Crippen LogP) is 1.98. The summed E-state index contributed by atoms with van der Waals surface area (Å²) in [7, 11) is 0. The average molecular weight is 204 g/mol. The second-order valence-corrected chi connectivity index (χ2v) is 3.62. The van der Waals surface area contributed by atoms with E-state index in [-0.39, 0.29) is 6.42 Å². The first-order chi connectivity index (χ1) is 7.18. The monoisotopic (exact) mass is 204 g/mol. The predicted molar refractivity (Wildman–Crippen MR) is 56.2 cm³/mol. The number of aliphatic carboxylic acids is 1. The minimum absolute atomic E-state index is 0.104. The van der Waals surface area contributed by atoms with E-state index < -0.39 is 12.1 Å². The Labute approximate surface area is 87.7 Å². The Morgan fingerprint density at radius 3 is 2.80 bits per heavy atom. The van der Waals surface area contributed by atoms with Gasteiger partial charge in [0.05, 0.1) is 6.10 Å². The molecule has 0 saturated carbocycles. The van der Waals surface area contributed by atoms with Gasteiger partial charge in [-0.2, -0.15) is 0 Å². The van der Waals surface area contributed by atoms with Crippen LogP contribution in [0.15, 0.2) is 30.3 Å². The Morgan fingerprint density at radius 1 is 1.33 bits per heavy atom. The number of carbonyl (C=O) groups is 1. The van der Waals surface area contributed by atoms with Gasteiger partial charge in [0, 0.05) is 6.42 Å². The molecule has 2 N–H and O–H groups in total. The fourth-order valence-corrected chi connectivity index (χ4v) is 1.88. The fraction of sp³-hybridized carbons (Fsp3) is 0.250. The molecular formula is C12H12O3. The van der Waals surface area contributed by atoms with Crippen LogP contribution in [0.4, 0.5) is 0 Å². The Morgan fingerprint density at radius 2 is 2.07 bits per heavy atom. The molecule has 0 spiro atoms. The van der Waals surface area contributed by atoms with Crippen molar-refractivity contribution in [2.45, 2.75) is 18.9 Å². The van der Waals surface area contributed by atoms with Crippen molar-refractivity contribution in [2.75, 3.05) is 0 Å². The molecule has 0 heterocycles. The highest BCUT2D eigenvalue weighted by Crippen LogP contribution is 2.36. The van der Waals surface area contributed by atoms with Crippen LogP contribution in [0.2, 0.25) is 0 Å². The summed E-state index contributed by atoms with van der Waals surface area (Å²) in [5.41, 5.74) is 2.78. The number of hydrogen-bond acceptors (Lipinski definition) is 2. The third kappa shape index (κ3) is 1.92. The van der Waals surface area contributed by atoms with Crippen LogP contribution in [0.3, 0.4) is 0 Å². The maximum atomic E-state index is 10.5. The van der Waals surface area contributed by atoms with Gasteiger partial charge < -0.3 is 10.2 Å². The molecular weight excluding hydrogens is 192 g/mol.